The van der Waals surface area contributed by atoms with Gasteiger partial charge in [-0.25, -0.2) is 0 Å². The van der Waals surface area contributed by atoms with E-state index in [-0.39, 0.29) is 0 Å². The van der Waals surface area contributed by atoms with Crippen molar-refractivity contribution in [1.29, 1.82) is 0 Å². The molecule has 0 aromatic carbocycles. The number of hydrogen-bond donors (Lipinski definition) is 1. The smallest absolute Gasteiger partial charge is 0.0477 e. The van der Waals surface area contributed by atoms with Crippen molar-refractivity contribution in [3.8, 4) is 0 Å². The van der Waals surface area contributed by atoms with Crippen molar-refractivity contribution in [3.63, 3.8) is 0 Å². The third-order valence-corrected chi connectivity index (χ3v) is 4.44. The highest BCUT2D eigenvalue weighted by atomic mass is 16.5. The summed E-state index contributed by atoms with van der Waals surface area (Å²) in [4.78, 5) is 2.72. The first-order valence-electron chi connectivity index (χ1n) is 7.88. The van der Waals surface area contributed by atoms with Gasteiger partial charge in [0, 0.05) is 44.9 Å². The van der Waals surface area contributed by atoms with E-state index in [0.717, 1.165) is 19.6 Å². The van der Waals surface area contributed by atoms with Crippen LogP contribution in [-0.2, 0) is 4.74 Å². The number of methoxy groups -OCH3 is 1. The summed E-state index contributed by atoms with van der Waals surface area (Å²) in [5.41, 5.74) is 0.330. The van der Waals surface area contributed by atoms with E-state index < -0.39 is 0 Å². The van der Waals surface area contributed by atoms with Crippen LogP contribution in [0.15, 0.2) is 0 Å². The van der Waals surface area contributed by atoms with Gasteiger partial charge >= 0.3 is 0 Å². The van der Waals surface area contributed by atoms with Crippen LogP contribution >= 0.6 is 0 Å². The van der Waals surface area contributed by atoms with E-state index in [2.05, 4.69) is 44.8 Å². The van der Waals surface area contributed by atoms with Crippen molar-refractivity contribution in [2.75, 3.05) is 26.8 Å². The van der Waals surface area contributed by atoms with Crippen molar-refractivity contribution in [1.82, 2.24) is 10.2 Å². The summed E-state index contributed by atoms with van der Waals surface area (Å²) in [6, 6.07) is 1.89. The van der Waals surface area contributed by atoms with Crippen LogP contribution in [0.5, 0.6) is 0 Å². The van der Waals surface area contributed by atoms with Gasteiger partial charge in [-0.3, -0.25) is 4.90 Å². The maximum absolute atomic E-state index is 5.25. The molecule has 0 aliphatic carbocycles. The highest BCUT2D eigenvalue weighted by molar-refractivity contribution is 4.93. The molecule has 0 aromatic heterocycles. The highest BCUT2D eigenvalue weighted by Crippen LogP contribution is 2.26. The predicted molar refractivity (Wildman–Crippen MR) is 82.6 cm³/mol. The zero-order chi connectivity index (χ0) is 14.5. The van der Waals surface area contributed by atoms with Crippen LogP contribution in [0.1, 0.15) is 53.9 Å². The molecule has 1 N–H and O–H groups in total. The van der Waals surface area contributed by atoms with Gasteiger partial charge in [-0.05, 0) is 25.2 Å². The standard InChI is InChI=1S/C16H34N2O/c1-7-8-14-11-17-15(16(3,4)5)12-18(14)13(2)9-10-19-6/h13-15,17H,7-12H2,1-6H3. The Morgan fingerprint density at radius 2 is 2.05 bits per heavy atom. The lowest BCUT2D eigenvalue weighted by Crippen LogP contribution is -2.62. The minimum atomic E-state index is 0.330. The lowest BCUT2D eigenvalue weighted by Gasteiger charge is -2.47. The van der Waals surface area contributed by atoms with E-state index in [9.17, 15) is 0 Å². The van der Waals surface area contributed by atoms with E-state index in [1.54, 1.807) is 7.11 Å². The summed E-state index contributed by atoms with van der Waals surface area (Å²) in [5.74, 6) is 0. The Balaban J connectivity index is 2.67. The minimum Gasteiger partial charge on any atom is -0.385 e. The van der Waals surface area contributed by atoms with Crippen molar-refractivity contribution in [2.45, 2.75) is 72.0 Å². The molecule has 3 atom stereocenters. The predicted octanol–water partition coefficient (Wildman–Crippen LogP) is 2.90. The summed E-state index contributed by atoms with van der Waals surface area (Å²) in [6.45, 7) is 14.8. The number of hydrogen-bond acceptors (Lipinski definition) is 3. The molecule has 114 valence electrons. The maximum atomic E-state index is 5.25. The summed E-state index contributed by atoms with van der Waals surface area (Å²) >= 11 is 0. The quantitative estimate of drug-likeness (QED) is 0.803. The molecule has 0 bridgehead atoms. The second-order valence-corrected chi connectivity index (χ2v) is 7.10. The highest BCUT2D eigenvalue weighted by Gasteiger charge is 2.35. The molecule has 1 heterocycles. The Morgan fingerprint density at radius 3 is 2.58 bits per heavy atom. The molecule has 0 amide bonds. The van der Waals surface area contributed by atoms with Gasteiger partial charge in [0.15, 0.2) is 0 Å². The molecule has 1 rings (SSSR count). The number of ether oxygens (including phenoxy) is 1. The second-order valence-electron chi connectivity index (χ2n) is 7.10. The lowest BCUT2D eigenvalue weighted by molar-refractivity contribution is 0.0384. The van der Waals surface area contributed by atoms with Gasteiger partial charge in [-0.15, -0.1) is 0 Å². The Labute approximate surface area is 120 Å². The molecule has 3 unspecified atom stereocenters. The van der Waals surface area contributed by atoms with E-state index >= 15 is 0 Å². The molecule has 0 spiro atoms. The van der Waals surface area contributed by atoms with E-state index in [1.807, 2.05) is 0 Å². The molecule has 0 saturated carbocycles. The summed E-state index contributed by atoms with van der Waals surface area (Å²) in [6.07, 6.45) is 3.69. The molecule has 0 radical (unpaired) electrons. The zero-order valence-corrected chi connectivity index (χ0v) is 13.8. The molecule has 1 aliphatic rings. The number of nitrogens with zero attached hydrogens (tertiary/aromatic N) is 1. The first-order valence-corrected chi connectivity index (χ1v) is 7.88. The minimum absolute atomic E-state index is 0.330. The lowest BCUT2D eigenvalue weighted by atomic mass is 9.84. The van der Waals surface area contributed by atoms with E-state index in [0.29, 0.717) is 23.5 Å². The Bertz CT molecular complexity index is 250. The average molecular weight is 270 g/mol. The van der Waals surface area contributed by atoms with E-state index in [4.69, 9.17) is 4.74 Å². The number of nitrogens with one attached hydrogen (secondary N) is 1. The van der Waals surface area contributed by atoms with Crippen LogP contribution in [0.25, 0.3) is 0 Å². The van der Waals surface area contributed by atoms with Crippen LogP contribution in [-0.4, -0.2) is 49.8 Å². The van der Waals surface area contributed by atoms with Gasteiger partial charge < -0.3 is 10.1 Å². The Hall–Kier alpha value is -0.120. The summed E-state index contributed by atoms with van der Waals surface area (Å²) < 4.78 is 5.25. The monoisotopic (exact) mass is 270 g/mol. The fourth-order valence-electron chi connectivity index (χ4n) is 3.00. The molecule has 3 heteroatoms. The van der Waals surface area contributed by atoms with Crippen LogP contribution in [0.2, 0.25) is 0 Å². The fourth-order valence-corrected chi connectivity index (χ4v) is 3.00. The molecular weight excluding hydrogens is 236 g/mol. The Kier molecular flexibility index (Phi) is 6.78. The molecule has 3 nitrogen and oxygen atoms in total. The molecule has 1 fully saturated rings. The third-order valence-electron chi connectivity index (χ3n) is 4.44. The van der Waals surface area contributed by atoms with Crippen molar-refractivity contribution in [2.24, 2.45) is 5.41 Å². The maximum Gasteiger partial charge on any atom is 0.0477 e. The normalized spacial score (nSPS) is 27.5. The van der Waals surface area contributed by atoms with Crippen molar-refractivity contribution in [3.05, 3.63) is 0 Å². The third kappa shape index (κ3) is 5.05. The SMILES string of the molecule is CCCC1CNC(C(C)(C)C)CN1C(C)CCOC. The molecule has 19 heavy (non-hydrogen) atoms. The summed E-state index contributed by atoms with van der Waals surface area (Å²) in [5, 5.41) is 3.76. The molecule has 1 saturated heterocycles. The summed E-state index contributed by atoms with van der Waals surface area (Å²) in [7, 11) is 1.80. The second kappa shape index (κ2) is 7.61. The van der Waals surface area contributed by atoms with Gasteiger partial charge in [-0.1, -0.05) is 34.1 Å². The average Bonchev–Trinajstić information content (AvgIpc) is 2.35. The van der Waals surface area contributed by atoms with Gasteiger partial charge in [-0.2, -0.15) is 0 Å². The van der Waals surface area contributed by atoms with Gasteiger partial charge in [0.05, 0.1) is 0 Å². The van der Waals surface area contributed by atoms with Crippen molar-refractivity contribution >= 4 is 0 Å². The fraction of sp³-hybridized carbons (Fsp3) is 1.00. The van der Waals surface area contributed by atoms with E-state index in [1.165, 1.54) is 19.4 Å². The topological polar surface area (TPSA) is 24.5 Å². The van der Waals surface area contributed by atoms with Gasteiger partial charge in [0.25, 0.3) is 0 Å². The zero-order valence-electron chi connectivity index (χ0n) is 13.8. The molecule has 1 aliphatic heterocycles. The number of piperazine rings is 1. The molecular formula is C16H34N2O. The van der Waals surface area contributed by atoms with Crippen LogP contribution < -0.4 is 5.32 Å². The van der Waals surface area contributed by atoms with Crippen molar-refractivity contribution < 1.29 is 4.74 Å². The van der Waals surface area contributed by atoms with Crippen LogP contribution in [0.3, 0.4) is 0 Å². The Morgan fingerprint density at radius 1 is 1.37 bits per heavy atom. The number of rotatable bonds is 6. The van der Waals surface area contributed by atoms with Crippen LogP contribution in [0, 0.1) is 5.41 Å². The largest absolute Gasteiger partial charge is 0.385 e. The van der Waals surface area contributed by atoms with Gasteiger partial charge in [0.2, 0.25) is 0 Å². The first-order chi connectivity index (χ1) is 8.90. The van der Waals surface area contributed by atoms with Gasteiger partial charge in [0.1, 0.15) is 0 Å². The molecule has 0 aromatic rings. The first kappa shape index (κ1) is 16.9. The van der Waals surface area contributed by atoms with Crippen LogP contribution in [0.4, 0.5) is 0 Å².